The molecule has 1 atom stereocenters. The summed E-state index contributed by atoms with van der Waals surface area (Å²) in [4.78, 5) is 16.2. The van der Waals surface area contributed by atoms with Crippen molar-refractivity contribution in [1.82, 2.24) is 9.78 Å². The van der Waals surface area contributed by atoms with Gasteiger partial charge in [-0.3, -0.25) is 9.67 Å². The van der Waals surface area contributed by atoms with Crippen LogP contribution in [0.25, 0.3) is 11.3 Å². The standard InChI is InChI=1S/C26H35N3O4/c1-9-15-31-25(30)33-19(4)32-24(23-16-18(3)28-29(23)10-2)22(17-27-8)20-11-13-21(14-12-20)26(5,6)7/h9,11-14,16-17,19H,1,10,15H2,2-8H3/b24-22-,27-17?. The van der Waals surface area contributed by atoms with Gasteiger partial charge in [-0.2, -0.15) is 5.10 Å². The van der Waals surface area contributed by atoms with E-state index >= 15 is 0 Å². The number of aliphatic imine (C=N–C) groups is 1. The highest BCUT2D eigenvalue weighted by molar-refractivity contribution is 6.18. The van der Waals surface area contributed by atoms with Crippen LogP contribution >= 0.6 is 0 Å². The summed E-state index contributed by atoms with van der Waals surface area (Å²) >= 11 is 0. The SMILES string of the molecule is C=CCOC(=O)OC(C)O/C(=C(/C=NC)c1ccc(C(C)(C)C)cc1)c1cc(C)nn1CC. The first kappa shape index (κ1) is 25.9. The van der Waals surface area contributed by atoms with Crippen molar-refractivity contribution < 1.29 is 19.0 Å². The Labute approximate surface area is 196 Å². The third kappa shape index (κ3) is 7.07. The predicted octanol–water partition coefficient (Wildman–Crippen LogP) is 5.78. The fraction of sp³-hybridized carbons (Fsp3) is 0.423. The van der Waals surface area contributed by atoms with E-state index in [4.69, 9.17) is 14.2 Å². The van der Waals surface area contributed by atoms with E-state index in [1.165, 1.54) is 11.6 Å². The Hall–Kier alpha value is -3.35. The quantitative estimate of drug-likeness (QED) is 0.158. The lowest BCUT2D eigenvalue weighted by Crippen LogP contribution is -2.20. The molecule has 0 radical (unpaired) electrons. The van der Waals surface area contributed by atoms with Crippen LogP contribution in [0.5, 0.6) is 0 Å². The highest BCUT2D eigenvalue weighted by Gasteiger charge is 2.22. The van der Waals surface area contributed by atoms with Crippen LogP contribution in [0.2, 0.25) is 0 Å². The lowest BCUT2D eigenvalue weighted by Gasteiger charge is -2.21. The molecule has 2 aromatic rings. The topological polar surface area (TPSA) is 74.9 Å². The molecule has 0 N–H and O–H groups in total. The first-order valence-corrected chi connectivity index (χ1v) is 11.0. The molecule has 0 saturated carbocycles. The number of ether oxygens (including phenoxy) is 3. The van der Waals surface area contributed by atoms with E-state index in [9.17, 15) is 4.79 Å². The fourth-order valence-corrected chi connectivity index (χ4v) is 3.26. The predicted molar refractivity (Wildman–Crippen MR) is 132 cm³/mol. The van der Waals surface area contributed by atoms with Crippen LogP contribution in [-0.4, -0.2) is 42.1 Å². The molecule has 0 saturated heterocycles. The normalized spacial score (nSPS) is 13.4. The summed E-state index contributed by atoms with van der Waals surface area (Å²) < 4.78 is 18.2. The lowest BCUT2D eigenvalue weighted by molar-refractivity contribution is -0.0648. The van der Waals surface area contributed by atoms with Crippen LogP contribution in [0, 0.1) is 6.92 Å². The molecule has 1 aromatic carbocycles. The highest BCUT2D eigenvalue weighted by Crippen LogP contribution is 2.30. The Morgan fingerprint density at radius 2 is 1.91 bits per heavy atom. The van der Waals surface area contributed by atoms with Crippen molar-refractivity contribution in [1.29, 1.82) is 0 Å². The van der Waals surface area contributed by atoms with Crippen LogP contribution in [0.1, 0.15) is 57.1 Å². The first-order chi connectivity index (χ1) is 15.6. The van der Waals surface area contributed by atoms with E-state index in [2.05, 4.69) is 49.6 Å². The fourth-order valence-electron chi connectivity index (χ4n) is 3.26. The second-order valence-corrected chi connectivity index (χ2v) is 8.60. The van der Waals surface area contributed by atoms with Crippen LogP contribution in [0.3, 0.4) is 0 Å². The maximum absolute atomic E-state index is 11.9. The number of rotatable bonds is 9. The van der Waals surface area contributed by atoms with Gasteiger partial charge in [0.15, 0.2) is 5.76 Å². The molecule has 0 fully saturated rings. The van der Waals surface area contributed by atoms with Gasteiger partial charge in [-0.15, -0.1) is 0 Å². The second-order valence-electron chi connectivity index (χ2n) is 8.60. The molecule has 0 bridgehead atoms. The van der Waals surface area contributed by atoms with Gasteiger partial charge in [-0.25, -0.2) is 4.79 Å². The maximum atomic E-state index is 11.9. The number of benzene rings is 1. The maximum Gasteiger partial charge on any atom is 0.511 e. The highest BCUT2D eigenvalue weighted by atomic mass is 16.8. The van der Waals surface area contributed by atoms with Crippen LogP contribution < -0.4 is 0 Å². The van der Waals surface area contributed by atoms with Crippen LogP contribution in [0.15, 0.2) is 48.0 Å². The molecule has 178 valence electrons. The zero-order valence-electron chi connectivity index (χ0n) is 20.7. The van der Waals surface area contributed by atoms with Crippen molar-refractivity contribution in [2.45, 2.75) is 59.8 Å². The molecule has 1 unspecified atom stereocenters. The number of carbonyl (C=O) groups excluding carboxylic acids is 1. The molecule has 0 aliphatic heterocycles. The number of allylic oxidation sites excluding steroid dienone is 1. The Morgan fingerprint density at radius 1 is 1.24 bits per heavy atom. The smallest absolute Gasteiger partial charge is 0.452 e. The van der Waals surface area contributed by atoms with E-state index in [1.807, 2.05) is 36.7 Å². The van der Waals surface area contributed by atoms with Gasteiger partial charge < -0.3 is 14.2 Å². The van der Waals surface area contributed by atoms with Crippen LogP contribution in [0.4, 0.5) is 4.79 Å². The summed E-state index contributed by atoms with van der Waals surface area (Å²) in [6.45, 7) is 16.3. The molecule has 1 aromatic heterocycles. The number of aromatic nitrogens is 2. The van der Waals surface area contributed by atoms with Gasteiger partial charge in [0.2, 0.25) is 6.29 Å². The molecule has 33 heavy (non-hydrogen) atoms. The minimum Gasteiger partial charge on any atom is -0.452 e. The van der Waals surface area contributed by atoms with E-state index in [0.717, 1.165) is 22.5 Å². The minimum absolute atomic E-state index is 0.0344. The largest absolute Gasteiger partial charge is 0.511 e. The Morgan fingerprint density at radius 3 is 2.45 bits per heavy atom. The summed E-state index contributed by atoms with van der Waals surface area (Å²) in [5.41, 5.74) is 4.54. The van der Waals surface area contributed by atoms with Gasteiger partial charge in [-0.05, 0) is 36.5 Å². The van der Waals surface area contributed by atoms with E-state index < -0.39 is 12.4 Å². The zero-order chi connectivity index (χ0) is 24.6. The molecule has 2 rings (SSSR count). The summed E-state index contributed by atoms with van der Waals surface area (Å²) in [5.74, 6) is 0.510. The number of aryl methyl sites for hydroxylation is 2. The van der Waals surface area contributed by atoms with Gasteiger partial charge in [0.1, 0.15) is 12.3 Å². The molecule has 7 heteroatoms. The van der Waals surface area contributed by atoms with Gasteiger partial charge in [-0.1, -0.05) is 57.7 Å². The number of carbonyl (C=O) groups is 1. The molecule has 0 spiro atoms. The van der Waals surface area contributed by atoms with Crippen molar-refractivity contribution in [3.05, 3.63) is 65.5 Å². The van der Waals surface area contributed by atoms with E-state index in [1.54, 1.807) is 20.2 Å². The summed E-state index contributed by atoms with van der Waals surface area (Å²) in [7, 11) is 1.70. The Kier molecular flexibility index (Phi) is 9.02. The molecule has 0 amide bonds. The van der Waals surface area contributed by atoms with E-state index in [0.29, 0.717) is 12.3 Å². The average molecular weight is 454 g/mol. The molecular weight excluding hydrogens is 418 g/mol. The third-order valence-corrected chi connectivity index (χ3v) is 4.86. The van der Waals surface area contributed by atoms with E-state index in [-0.39, 0.29) is 12.0 Å². The van der Waals surface area contributed by atoms with Gasteiger partial charge in [0.05, 0.1) is 5.69 Å². The lowest BCUT2D eigenvalue weighted by atomic mass is 9.86. The van der Waals surface area contributed by atoms with Crippen molar-refractivity contribution in [2.75, 3.05) is 13.7 Å². The van der Waals surface area contributed by atoms with Crippen molar-refractivity contribution >= 4 is 23.7 Å². The summed E-state index contributed by atoms with van der Waals surface area (Å²) in [5, 5.41) is 4.56. The average Bonchev–Trinajstić information content (AvgIpc) is 3.14. The molecular formula is C26H35N3O4. The summed E-state index contributed by atoms with van der Waals surface area (Å²) in [6, 6.07) is 10.2. The zero-order valence-corrected chi connectivity index (χ0v) is 20.7. The van der Waals surface area contributed by atoms with Gasteiger partial charge in [0, 0.05) is 32.3 Å². The number of hydrogen-bond donors (Lipinski definition) is 0. The Balaban J connectivity index is 2.58. The number of hydrogen-bond acceptors (Lipinski definition) is 6. The minimum atomic E-state index is -0.910. The number of nitrogens with zero attached hydrogens (tertiary/aromatic N) is 3. The van der Waals surface area contributed by atoms with Crippen LogP contribution in [-0.2, 0) is 26.2 Å². The Bertz CT molecular complexity index is 1010. The van der Waals surface area contributed by atoms with Gasteiger partial charge in [0.25, 0.3) is 0 Å². The van der Waals surface area contributed by atoms with Crippen molar-refractivity contribution in [3.8, 4) is 0 Å². The third-order valence-electron chi connectivity index (χ3n) is 4.86. The van der Waals surface area contributed by atoms with Gasteiger partial charge >= 0.3 is 6.16 Å². The monoisotopic (exact) mass is 453 g/mol. The molecule has 7 nitrogen and oxygen atoms in total. The molecule has 1 heterocycles. The second kappa shape index (κ2) is 11.5. The summed E-state index contributed by atoms with van der Waals surface area (Å²) in [6.07, 6.45) is 1.47. The first-order valence-electron chi connectivity index (χ1n) is 11.0. The van der Waals surface area contributed by atoms with Crippen molar-refractivity contribution in [2.24, 2.45) is 4.99 Å². The molecule has 0 aliphatic carbocycles. The molecule has 0 aliphatic rings. The van der Waals surface area contributed by atoms with Crippen molar-refractivity contribution in [3.63, 3.8) is 0 Å².